The van der Waals surface area contributed by atoms with E-state index >= 15 is 0 Å². The van der Waals surface area contributed by atoms with Crippen LogP contribution in [0.25, 0.3) is 0 Å². The summed E-state index contributed by atoms with van der Waals surface area (Å²) >= 11 is 5.67. The van der Waals surface area contributed by atoms with Gasteiger partial charge in [0.25, 0.3) is 5.69 Å². The highest BCUT2D eigenvalue weighted by Crippen LogP contribution is 2.28. The molecule has 1 unspecified atom stereocenters. The molecule has 6 nitrogen and oxygen atoms in total. The maximum Gasteiger partial charge on any atom is 0.289 e. The molecule has 0 radical (unpaired) electrons. The Labute approximate surface area is 129 Å². The molecule has 0 fully saturated rings. The molecule has 0 aliphatic rings. The van der Waals surface area contributed by atoms with Gasteiger partial charge >= 0.3 is 0 Å². The van der Waals surface area contributed by atoms with Crippen LogP contribution in [0.3, 0.4) is 0 Å². The van der Waals surface area contributed by atoms with Crippen molar-refractivity contribution in [1.82, 2.24) is 4.72 Å². The predicted molar refractivity (Wildman–Crippen MR) is 81.9 cm³/mol. The smallest absolute Gasteiger partial charge is 0.258 e. The average molecular weight is 335 g/mol. The second kappa shape index (κ2) is 6.29. The summed E-state index contributed by atoms with van der Waals surface area (Å²) in [5, 5.41) is 10.7. The molecule has 0 heterocycles. The summed E-state index contributed by atoms with van der Waals surface area (Å²) in [6.45, 7) is 8.23. The minimum Gasteiger partial charge on any atom is -0.258 e. The van der Waals surface area contributed by atoms with Gasteiger partial charge in [-0.1, -0.05) is 39.3 Å². The van der Waals surface area contributed by atoms with Crippen LogP contribution >= 0.6 is 11.6 Å². The molecule has 0 spiro atoms. The molecule has 1 atom stereocenters. The number of halogens is 1. The molecule has 0 amide bonds. The fraction of sp³-hybridized carbons (Fsp3) is 0.538. The van der Waals surface area contributed by atoms with Crippen LogP contribution in [0.15, 0.2) is 23.1 Å². The van der Waals surface area contributed by atoms with Gasteiger partial charge in [-0.05, 0) is 23.5 Å². The van der Waals surface area contributed by atoms with Crippen molar-refractivity contribution in [3.8, 4) is 0 Å². The van der Waals surface area contributed by atoms with E-state index in [0.717, 1.165) is 6.07 Å². The fourth-order valence-electron chi connectivity index (χ4n) is 1.42. The number of nitro benzene ring substituents is 1. The van der Waals surface area contributed by atoms with Crippen molar-refractivity contribution in [2.24, 2.45) is 11.3 Å². The van der Waals surface area contributed by atoms with E-state index in [2.05, 4.69) is 4.72 Å². The number of hydrogen-bond donors (Lipinski definition) is 1. The SMILES string of the molecule is CC(CNS(=O)(=O)c1ccc(Cl)c([N+](=O)[O-])c1)C(C)(C)C. The van der Waals surface area contributed by atoms with Gasteiger partial charge in [0.1, 0.15) is 5.02 Å². The quantitative estimate of drug-likeness (QED) is 0.661. The zero-order valence-corrected chi connectivity index (χ0v) is 14.0. The Kier molecular flexibility index (Phi) is 5.35. The van der Waals surface area contributed by atoms with Crippen LogP contribution in [0.2, 0.25) is 5.02 Å². The largest absolute Gasteiger partial charge is 0.289 e. The molecule has 1 aromatic rings. The molecule has 0 saturated heterocycles. The van der Waals surface area contributed by atoms with Crippen LogP contribution < -0.4 is 4.72 Å². The van der Waals surface area contributed by atoms with Crippen LogP contribution in [0, 0.1) is 21.4 Å². The van der Waals surface area contributed by atoms with Gasteiger partial charge in [0.05, 0.1) is 9.82 Å². The number of benzene rings is 1. The van der Waals surface area contributed by atoms with Crippen molar-refractivity contribution in [3.63, 3.8) is 0 Å². The number of nitrogens with zero attached hydrogens (tertiary/aromatic N) is 1. The molecule has 1 N–H and O–H groups in total. The number of nitro groups is 1. The van der Waals surface area contributed by atoms with Gasteiger partial charge in [0.2, 0.25) is 10.0 Å². The lowest BCUT2D eigenvalue weighted by Gasteiger charge is -2.27. The Morgan fingerprint density at radius 2 is 1.95 bits per heavy atom. The first-order chi connectivity index (χ1) is 9.45. The van der Waals surface area contributed by atoms with Gasteiger partial charge < -0.3 is 0 Å². The lowest BCUT2D eigenvalue weighted by molar-refractivity contribution is -0.384. The van der Waals surface area contributed by atoms with Gasteiger partial charge in [-0.25, -0.2) is 13.1 Å². The Balaban J connectivity index is 2.99. The van der Waals surface area contributed by atoms with Gasteiger partial charge in [-0.15, -0.1) is 0 Å². The van der Waals surface area contributed by atoms with Crippen molar-refractivity contribution in [1.29, 1.82) is 0 Å². The maximum atomic E-state index is 12.2. The molecule has 118 valence electrons. The first-order valence-corrected chi connectivity index (χ1v) is 8.25. The summed E-state index contributed by atoms with van der Waals surface area (Å²) in [7, 11) is -3.80. The third kappa shape index (κ3) is 4.66. The van der Waals surface area contributed by atoms with E-state index in [0.29, 0.717) is 0 Å². The first kappa shape index (κ1) is 17.9. The minimum atomic E-state index is -3.80. The van der Waals surface area contributed by atoms with E-state index in [1.807, 2.05) is 27.7 Å². The van der Waals surface area contributed by atoms with Gasteiger partial charge in [-0.3, -0.25) is 10.1 Å². The van der Waals surface area contributed by atoms with Crippen LogP contribution in [0.1, 0.15) is 27.7 Å². The lowest BCUT2D eigenvalue weighted by atomic mass is 9.82. The minimum absolute atomic E-state index is 0.0471. The molecule has 21 heavy (non-hydrogen) atoms. The summed E-state index contributed by atoms with van der Waals surface area (Å²) in [6, 6.07) is 3.42. The Morgan fingerprint density at radius 3 is 2.43 bits per heavy atom. The van der Waals surface area contributed by atoms with Crippen LogP contribution in [-0.2, 0) is 10.0 Å². The molecule has 0 bridgehead atoms. The average Bonchev–Trinajstić information content (AvgIpc) is 2.34. The van der Waals surface area contributed by atoms with Crippen LogP contribution in [0.4, 0.5) is 5.69 Å². The van der Waals surface area contributed by atoms with Crippen molar-refractivity contribution < 1.29 is 13.3 Å². The highest BCUT2D eigenvalue weighted by molar-refractivity contribution is 7.89. The van der Waals surface area contributed by atoms with E-state index in [-0.39, 0.29) is 27.8 Å². The predicted octanol–water partition coefficient (Wildman–Crippen LogP) is 3.21. The second-order valence-corrected chi connectivity index (χ2v) is 8.16. The monoisotopic (exact) mass is 334 g/mol. The highest BCUT2D eigenvalue weighted by Gasteiger charge is 2.24. The molecule has 0 aliphatic carbocycles. The van der Waals surface area contributed by atoms with Crippen molar-refractivity contribution in [2.45, 2.75) is 32.6 Å². The summed E-state index contributed by atoms with van der Waals surface area (Å²) in [4.78, 5) is 9.93. The zero-order valence-electron chi connectivity index (χ0n) is 12.4. The van der Waals surface area contributed by atoms with E-state index in [1.165, 1.54) is 12.1 Å². The van der Waals surface area contributed by atoms with Crippen LogP contribution in [0.5, 0.6) is 0 Å². The molecule has 8 heteroatoms. The standard InChI is InChI=1S/C13H19ClN2O4S/c1-9(13(2,3)4)8-15-21(19,20)10-5-6-11(14)12(7-10)16(17)18/h5-7,9,15H,8H2,1-4H3. The zero-order chi connectivity index (χ0) is 16.4. The molecule has 1 rings (SSSR count). The summed E-state index contributed by atoms with van der Waals surface area (Å²) < 4.78 is 26.8. The molecule has 0 saturated carbocycles. The van der Waals surface area contributed by atoms with Crippen LogP contribution in [-0.4, -0.2) is 19.9 Å². The third-order valence-corrected chi connectivity index (χ3v) is 5.22. The number of rotatable bonds is 5. The Morgan fingerprint density at radius 1 is 1.38 bits per heavy atom. The topological polar surface area (TPSA) is 89.3 Å². The van der Waals surface area contributed by atoms with Gasteiger partial charge in [-0.2, -0.15) is 0 Å². The molecule has 1 aromatic carbocycles. The van der Waals surface area contributed by atoms with Gasteiger partial charge in [0, 0.05) is 12.6 Å². The van der Waals surface area contributed by atoms with Gasteiger partial charge in [0.15, 0.2) is 0 Å². The first-order valence-electron chi connectivity index (χ1n) is 6.39. The van der Waals surface area contributed by atoms with E-state index in [1.54, 1.807) is 0 Å². The van der Waals surface area contributed by atoms with Crippen molar-refractivity contribution in [3.05, 3.63) is 33.3 Å². The molecule has 0 aromatic heterocycles. The Bertz CT molecular complexity index is 638. The van der Waals surface area contributed by atoms with E-state index in [9.17, 15) is 18.5 Å². The summed E-state index contributed by atoms with van der Waals surface area (Å²) in [5.74, 6) is 0.106. The summed E-state index contributed by atoms with van der Waals surface area (Å²) in [5.41, 5.74) is -0.475. The number of sulfonamides is 1. The van der Waals surface area contributed by atoms with E-state index in [4.69, 9.17) is 11.6 Å². The number of nitrogens with one attached hydrogen (secondary N) is 1. The molecular formula is C13H19ClN2O4S. The lowest BCUT2D eigenvalue weighted by Crippen LogP contribution is -2.33. The number of hydrogen-bond acceptors (Lipinski definition) is 4. The van der Waals surface area contributed by atoms with Crippen molar-refractivity contribution >= 4 is 27.3 Å². The summed E-state index contributed by atoms with van der Waals surface area (Å²) in [6.07, 6.45) is 0. The fourth-order valence-corrected chi connectivity index (χ4v) is 2.76. The normalized spacial score (nSPS) is 14.0. The van der Waals surface area contributed by atoms with Crippen molar-refractivity contribution in [2.75, 3.05) is 6.54 Å². The molecule has 0 aliphatic heterocycles. The Hall–Kier alpha value is -1.18. The molecular weight excluding hydrogens is 316 g/mol. The third-order valence-electron chi connectivity index (χ3n) is 3.48. The van der Waals surface area contributed by atoms with E-state index < -0.39 is 20.6 Å². The highest BCUT2D eigenvalue weighted by atomic mass is 35.5. The second-order valence-electron chi connectivity index (χ2n) is 5.99. The maximum absolute atomic E-state index is 12.2.